The monoisotopic (exact) mass is 529 g/mol. The van der Waals surface area contributed by atoms with Crippen LogP contribution < -0.4 is 10.6 Å². The zero-order valence-corrected chi connectivity index (χ0v) is 21.6. The number of aliphatic imine (C=N–C) groups is 1. The summed E-state index contributed by atoms with van der Waals surface area (Å²) in [5.74, 6) is -0.194. The summed E-state index contributed by atoms with van der Waals surface area (Å²) < 4.78 is 6.25. The maximum atomic E-state index is 13.1. The normalized spacial score (nSPS) is 15.0. The van der Waals surface area contributed by atoms with E-state index >= 15 is 0 Å². The van der Waals surface area contributed by atoms with Crippen molar-refractivity contribution in [3.8, 4) is 5.75 Å². The fraction of sp³-hybridized carbons (Fsp3) is 0.214. The van der Waals surface area contributed by atoms with Crippen LogP contribution in [0.4, 0.5) is 15.6 Å². The number of imide groups is 1. The van der Waals surface area contributed by atoms with Crippen molar-refractivity contribution >= 4 is 50.3 Å². The number of carbonyl (C=O) groups is 2. The number of guanidine groups is 1. The average Bonchev–Trinajstić information content (AvgIpc) is 3.46. The molecule has 0 aliphatic carbocycles. The van der Waals surface area contributed by atoms with E-state index in [1.165, 1.54) is 0 Å². The Morgan fingerprint density at radius 3 is 2.53 bits per heavy atom. The highest BCUT2D eigenvalue weighted by molar-refractivity contribution is 7.22. The molecule has 1 aliphatic rings. The van der Waals surface area contributed by atoms with E-state index in [1.54, 1.807) is 42.5 Å². The quantitative estimate of drug-likeness (QED) is 0.293. The number of carbonyl (C=O) groups excluding carboxylic acids is 2. The van der Waals surface area contributed by atoms with Crippen molar-refractivity contribution in [2.75, 3.05) is 23.8 Å². The van der Waals surface area contributed by atoms with Crippen molar-refractivity contribution < 1.29 is 19.4 Å². The van der Waals surface area contributed by atoms with Gasteiger partial charge in [-0.1, -0.05) is 47.7 Å². The van der Waals surface area contributed by atoms with Gasteiger partial charge in [0.05, 0.1) is 16.8 Å². The molecule has 1 aliphatic heterocycles. The molecule has 3 aromatic carbocycles. The van der Waals surface area contributed by atoms with Gasteiger partial charge >= 0.3 is 6.09 Å². The minimum atomic E-state index is -0.778. The van der Waals surface area contributed by atoms with Crippen molar-refractivity contribution in [2.45, 2.75) is 25.8 Å². The summed E-state index contributed by atoms with van der Waals surface area (Å²) in [4.78, 5) is 35.7. The molecule has 0 saturated heterocycles. The number of para-hydroxylation sites is 1. The van der Waals surface area contributed by atoms with E-state index in [0.29, 0.717) is 12.1 Å². The molecule has 9 nitrogen and oxygen atoms in total. The molecule has 0 saturated carbocycles. The third-order valence-electron chi connectivity index (χ3n) is 6.01. The molecule has 3 N–H and O–H groups in total. The van der Waals surface area contributed by atoms with Crippen LogP contribution >= 0.6 is 11.3 Å². The summed E-state index contributed by atoms with van der Waals surface area (Å²) in [6.07, 6.45) is 0.328. The number of aromatic nitrogens is 1. The molecule has 0 radical (unpaired) electrons. The van der Waals surface area contributed by atoms with Gasteiger partial charge in [-0.15, -0.1) is 0 Å². The SMILES string of the molecule is CCOC(=O)N1C(=O)[C@H](Cc2ccc(O)cc2)N=C1Nc1ccc(CCNc2nc3ccccc3s2)cc1. The molecule has 1 aromatic heterocycles. The minimum absolute atomic E-state index is 0.127. The smallest absolute Gasteiger partial charge is 0.423 e. The van der Waals surface area contributed by atoms with E-state index in [0.717, 1.165) is 44.3 Å². The number of thiazole rings is 1. The number of hydrogen-bond acceptors (Lipinski definition) is 9. The van der Waals surface area contributed by atoms with Crippen molar-refractivity contribution in [1.29, 1.82) is 0 Å². The second kappa shape index (κ2) is 11.3. The van der Waals surface area contributed by atoms with Crippen molar-refractivity contribution in [3.63, 3.8) is 0 Å². The number of rotatable bonds is 8. The van der Waals surface area contributed by atoms with Gasteiger partial charge in [0.25, 0.3) is 5.91 Å². The first kappa shape index (κ1) is 25.2. The maximum Gasteiger partial charge on any atom is 0.423 e. The first-order valence-corrected chi connectivity index (χ1v) is 13.1. The number of nitrogens with zero attached hydrogens (tertiary/aromatic N) is 3. The van der Waals surface area contributed by atoms with Crippen LogP contribution in [0.3, 0.4) is 0 Å². The molecular formula is C28H27N5O4S. The molecule has 0 fully saturated rings. The van der Waals surface area contributed by atoms with E-state index in [4.69, 9.17) is 4.74 Å². The molecule has 2 amide bonds. The summed E-state index contributed by atoms with van der Waals surface area (Å²) >= 11 is 1.63. The summed E-state index contributed by atoms with van der Waals surface area (Å²) in [6, 6.07) is 21.6. The van der Waals surface area contributed by atoms with Gasteiger partial charge in [0.15, 0.2) is 5.13 Å². The highest BCUT2D eigenvalue weighted by Crippen LogP contribution is 2.25. The summed E-state index contributed by atoms with van der Waals surface area (Å²) in [7, 11) is 0. The summed E-state index contributed by atoms with van der Waals surface area (Å²) in [5, 5.41) is 16.9. The Balaban J connectivity index is 1.23. The Bertz CT molecular complexity index is 1430. The lowest BCUT2D eigenvalue weighted by Gasteiger charge is -2.17. The highest BCUT2D eigenvalue weighted by Gasteiger charge is 2.40. The van der Waals surface area contributed by atoms with Crippen LogP contribution in [-0.2, 0) is 22.4 Å². The van der Waals surface area contributed by atoms with E-state index in [-0.39, 0.29) is 18.3 Å². The Hall–Kier alpha value is -4.44. The lowest BCUT2D eigenvalue weighted by atomic mass is 10.1. The van der Waals surface area contributed by atoms with Gasteiger partial charge in [-0.05, 0) is 60.9 Å². The first-order chi connectivity index (χ1) is 18.5. The third kappa shape index (κ3) is 5.76. The number of hydrogen-bond donors (Lipinski definition) is 3. The zero-order chi connectivity index (χ0) is 26.5. The van der Waals surface area contributed by atoms with Gasteiger partial charge < -0.3 is 20.5 Å². The first-order valence-electron chi connectivity index (χ1n) is 12.3. The number of ether oxygens (including phenoxy) is 1. The number of phenolic OH excluding ortho intramolecular Hbond substituents is 1. The van der Waals surface area contributed by atoms with Gasteiger partial charge in [0.2, 0.25) is 5.96 Å². The molecule has 38 heavy (non-hydrogen) atoms. The number of phenols is 1. The molecule has 0 bridgehead atoms. The number of nitrogens with one attached hydrogen (secondary N) is 2. The summed E-state index contributed by atoms with van der Waals surface area (Å²) in [5.41, 5.74) is 3.63. The average molecular weight is 530 g/mol. The highest BCUT2D eigenvalue weighted by atomic mass is 32.1. The molecular weight excluding hydrogens is 502 g/mol. The van der Waals surface area contributed by atoms with E-state index < -0.39 is 18.0 Å². The topological polar surface area (TPSA) is 116 Å². The van der Waals surface area contributed by atoms with Crippen molar-refractivity contribution in [3.05, 3.63) is 83.9 Å². The van der Waals surface area contributed by atoms with E-state index in [2.05, 4.69) is 26.7 Å². The molecule has 10 heteroatoms. The van der Waals surface area contributed by atoms with E-state index in [9.17, 15) is 14.7 Å². The zero-order valence-electron chi connectivity index (χ0n) is 20.8. The van der Waals surface area contributed by atoms with Gasteiger partial charge in [-0.25, -0.2) is 14.8 Å². The predicted octanol–water partition coefficient (Wildman–Crippen LogP) is 5.03. The molecule has 5 rings (SSSR count). The Morgan fingerprint density at radius 2 is 1.79 bits per heavy atom. The largest absolute Gasteiger partial charge is 0.508 e. The third-order valence-corrected chi connectivity index (χ3v) is 7.00. The molecule has 1 atom stereocenters. The maximum absolute atomic E-state index is 13.1. The van der Waals surface area contributed by atoms with Crippen molar-refractivity contribution in [1.82, 2.24) is 9.88 Å². The van der Waals surface area contributed by atoms with Crippen LogP contribution in [0.5, 0.6) is 5.75 Å². The second-order valence-electron chi connectivity index (χ2n) is 8.70. The van der Waals surface area contributed by atoms with E-state index in [1.807, 2.05) is 42.5 Å². The molecule has 2 heterocycles. The number of benzene rings is 3. The number of aromatic hydroxyl groups is 1. The fourth-order valence-electron chi connectivity index (χ4n) is 4.10. The van der Waals surface area contributed by atoms with Gasteiger partial charge in [-0.3, -0.25) is 4.79 Å². The van der Waals surface area contributed by atoms with Crippen LogP contribution in [-0.4, -0.2) is 52.1 Å². The molecule has 0 spiro atoms. The molecule has 0 unspecified atom stereocenters. The summed E-state index contributed by atoms with van der Waals surface area (Å²) in [6.45, 7) is 2.56. The van der Waals surface area contributed by atoms with Crippen LogP contribution in [0, 0.1) is 0 Å². The lowest BCUT2D eigenvalue weighted by Crippen LogP contribution is -2.43. The van der Waals surface area contributed by atoms with Crippen LogP contribution in [0.1, 0.15) is 18.1 Å². The van der Waals surface area contributed by atoms with Crippen LogP contribution in [0.2, 0.25) is 0 Å². The predicted molar refractivity (Wildman–Crippen MR) is 149 cm³/mol. The lowest BCUT2D eigenvalue weighted by molar-refractivity contribution is -0.126. The van der Waals surface area contributed by atoms with Crippen LogP contribution in [0.15, 0.2) is 77.8 Å². The molecule has 4 aromatic rings. The van der Waals surface area contributed by atoms with Gasteiger partial charge in [0, 0.05) is 18.7 Å². The number of amides is 2. The second-order valence-corrected chi connectivity index (χ2v) is 9.73. The Kier molecular flexibility index (Phi) is 7.50. The fourth-order valence-corrected chi connectivity index (χ4v) is 4.99. The number of anilines is 2. The number of fused-ring (bicyclic) bond motifs is 1. The molecule has 194 valence electrons. The Morgan fingerprint density at radius 1 is 1.05 bits per heavy atom. The van der Waals surface area contributed by atoms with Crippen LogP contribution in [0.25, 0.3) is 10.2 Å². The minimum Gasteiger partial charge on any atom is -0.508 e. The van der Waals surface area contributed by atoms with Crippen molar-refractivity contribution in [2.24, 2.45) is 4.99 Å². The van der Waals surface area contributed by atoms with Gasteiger partial charge in [0.1, 0.15) is 11.8 Å². The standard InChI is InChI=1S/C28H27N5O4S/c1-2-37-28(36)33-25(35)23(17-19-9-13-21(34)14-10-19)31-26(33)30-20-11-7-18(8-12-20)15-16-29-27-32-22-5-3-4-6-24(22)38-27/h3-14,23,34H,2,15-17H2,1H3,(H,29,32)(H,30,31)/t23-/m0/s1. The Labute approximate surface area is 223 Å². The van der Waals surface area contributed by atoms with Gasteiger partial charge in [-0.2, -0.15) is 4.90 Å².